The molecule has 106 valence electrons. The fourth-order valence-electron chi connectivity index (χ4n) is 2.00. The largest absolute Gasteiger partial charge is 0.478 e. The van der Waals surface area contributed by atoms with Crippen LogP contribution in [-0.2, 0) is 11.3 Å². The summed E-state index contributed by atoms with van der Waals surface area (Å²) in [5.74, 6) is -1.12. The molecule has 0 spiro atoms. The number of carboxylic acids is 1. The van der Waals surface area contributed by atoms with Crippen molar-refractivity contribution in [3.05, 3.63) is 23.8 Å². The summed E-state index contributed by atoms with van der Waals surface area (Å²) < 4.78 is 1.55. The molecule has 7 heteroatoms. The van der Waals surface area contributed by atoms with E-state index in [9.17, 15) is 9.59 Å². The zero-order valence-corrected chi connectivity index (χ0v) is 11.5. The molecule has 2 aromatic rings. The zero-order chi connectivity index (χ0) is 14.9. The second kappa shape index (κ2) is 4.92. The number of hydrogen-bond acceptors (Lipinski definition) is 4. The number of hydrogen-bond donors (Lipinski definition) is 2. The average Bonchev–Trinajstić information content (AvgIpc) is 2.79. The molecule has 20 heavy (non-hydrogen) atoms. The summed E-state index contributed by atoms with van der Waals surface area (Å²) in [6.07, 6.45) is 0. The van der Waals surface area contributed by atoms with Crippen molar-refractivity contribution in [3.8, 4) is 0 Å². The Morgan fingerprint density at radius 3 is 2.70 bits per heavy atom. The van der Waals surface area contributed by atoms with E-state index in [1.54, 1.807) is 31.6 Å². The van der Waals surface area contributed by atoms with Crippen LogP contribution in [0.1, 0.15) is 24.2 Å². The fourth-order valence-corrected chi connectivity index (χ4v) is 2.00. The van der Waals surface area contributed by atoms with Crippen LogP contribution in [0.2, 0.25) is 0 Å². The van der Waals surface area contributed by atoms with E-state index in [2.05, 4.69) is 15.6 Å². The monoisotopic (exact) mass is 276 g/mol. The maximum atomic E-state index is 11.8. The first kappa shape index (κ1) is 14.0. The summed E-state index contributed by atoms with van der Waals surface area (Å²) in [6, 6.07) is 4.60. The summed E-state index contributed by atoms with van der Waals surface area (Å²) in [6.45, 7) is 3.90. The molecular weight excluding hydrogens is 260 g/mol. The molecule has 1 amide bonds. The summed E-state index contributed by atoms with van der Waals surface area (Å²) in [7, 11) is 1.58. The van der Waals surface area contributed by atoms with E-state index in [1.807, 2.05) is 0 Å². The van der Waals surface area contributed by atoms with Gasteiger partial charge >= 0.3 is 5.97 Å². The predicted molar refractivity (Wildman–Crippen MR) is 72.3 cm³/mol. The number of rotatable bonds is 4. The number of amides is 1. The second-order valence-corrected chi connectivity index (χ2v) is 5.22. The Balaban J connectivity index is 2.42. The lowest BCUT2D eigenvalue weighted by molar-refractivity contribution is -0.129. The normalized spacial score (nSPS) is 11.6. The summed E-state index contributed by atoms with van der Waals surface area (Å²) >= 11 is 0. The second-order valence-electron chi connectivity index (χ2n) is 5.22. The van der Waals surface area contributed by atoms with Gasteiger partial charge in [0.25, 0.3) is 0 Å². The third-order valence-electron chi connectivity index (χ3n) is 3.15. The van der Waals surface area contributed by atoms with Crippen LogP contribution in [0.5, 0.6) is 0 Å². The van der Waals surface area contributed by atoms with Gasteiger partial charge in [-0.15, -0.1) is 5.10 Å². The minimum Gasteiger partial charge on any atom is -0.478 e. The van der Waals surface area contributed by atoms with E-state index < -0.39 is 11.4 Å². The first-order valence-corrected chi connectivity index (χ1v) is 6.14. The van der Waals surface area contributed by atoms with Gasteiger partial charge in [-0.1, -0.05) is 5.21 Å². The number of nitrogens with zero attached hydrogens (tertiary/aromatic N) is 3. The Morgan fingerprint density at radius 1 is 1.40 bits per heavy atom. The SMILES string of the molecule is CNC(=O)C(C)(C)Cn1nnc2ccc(C(=O)O)cc21. The van der Waals surface area contributed by atoms with Crippen LogP contribution in [0.15, 0.2) is 18.2 Å². The molecule has 0 radical (unpaired) electrons. The fraction of sp³-hybridized carbons (Fsp3) is 0.385. The molecule has 0 atom stereocenters. The zero-order valence-electron chi connectivity index (χ0n) is 11.5. The van der Waals surface area contributed by atoms with Gasteiger partial charge in [-0.2, -0.15) is 0 Å². The standard InChI is InChI=1S/C13H16N4O3/c1-13(2,12(20)14-3)7-17-10-6-8(11(18)19)4-5-9(10)15-16-17/h4-6H,7H2,1-3H3,(H,14,20)(H,18,19). The lowest BCUT2D eigenvalue weighted by atomic mass is 9.92. The van der Waals surface area contributed by atoms with E-state index in [1.165, 1.54) is 12.1 Å². The van der Waals surface area contributed by atoms with Crippen LogP contribution < -0.4 is 5.32 Å². The molecule has 0 saturated carbocycles. The van der Waals surface area contributed by atoms with Gasteiger partial charge in [0.05, 0.1) is 23.0 Å². The van der Waals surface area contributed by atoms with Crippen molar-refractivity contribution in [2.45, 2.75) is 20.4 Å². The third-order valence-corrected chi connectivity index (χ3v) is 3.15. The Bertz CT molecular complexity index is 675. The smallest absolute Gasteiger partial charge is 0.335 e. The molecule has 0 saturated heterocycles. The molecule has 0 aliphatic heterocycles. The minimum atomic E-state index is -1.01. The van der Waals surface area contributed by atoms with Crippen molar-refractivity contribution < 1.29 is 14.7 Å². The minimum absolute atomic E-state index is 0.115. The molecule has 0 unspecified atom stereocenters. The number of aromatic carboxylic acids is 1. The molecule has 0 bridgehead atoms. The molecule has 1 heterocycles. The van der Waals surface area contributed by atoms with Crippen LogP contribution in [0.3, 0.4) is 0 Å². The average molecular weight is 276 g/mol. The van der Waals surface area contributed by atoms with Crippen LogP contribution in [-0.4, -0.2) is 39.0 Å². The van der Waals surface area contributed by atoms with Gasteiger partial charge in [0.15, 0.2) is 0 Å². The highest BCUT2D eigenvalue weighted by molar-refractivity contribution is 5.92. The molecule has 0 aliphatic rings. The lowest BCUT2D eigenvalue weighted by Gasteiger charge is -2.22. The van der Waals surface area contributed by atoms with Gasteiger partial charge in [0.2, 0.25) is 5.91 Å². The number of benzene rings is 1. The first-order chi connectivity index (χ1) is 9.35. The number of aromatic nitrogens is 3. The number of carboxylic acid groups (broad SMARTS) is 1. The molecular formula is C13H16N4O3. The number of carbonyl (C=O) groups is 2. The van der Waals surface area contributed by atoms with Gasteiger partial charge in [-0.25, -0.2) is 9.48 Å². The Hall–Kier alpha value is -2.44. The molecule has 1 aromatic carbocycles. The van der Waals surface area contributed by atoms with Gasteiger partial charge in [-0.05, 0) is 32.0 Å². The van der Waals surface area contributed by atoms with Crippen LogP contribution in [0.25, 0.3) is 11.0 Å². The molecule has 7 nitrogen and oxygen atoms in total. The van der Waals surface area contributed by atoms with Crippen molar-refractivity contribution in [2.24, 2.45) is 5.41 Å². The van der Waals surface area contributed by atoms with Crippen molar-refractivity contribution in [1.82, 2.24) is 20.3 Å². The molecule has 1 aromatic heterocycles. The highest BCUT2D eigenvalue weighted by atomic mass is 16.4. The Labute approximate surface area is 115 Å². The number of carbonyl (C=O) groups excluding carboxylic acids is 1. The van der Waals surface area contributed by atoms with Crippen molar-refractivity contribution in [3.63, 3.8) is 0 Å². The third kappa shape index (κ3) is 2.47. The van der Waals surface area contributed by atoms with E-state index in [-0.39, 0.29) is 11.5 Å². The van der Waals surface area contributed by atoms with Gasteiger partial charge in [0.1, 0.15) is 5.52 Å². The molecule has 0 fully saturated rings. The van der Waals surface area contributed by atoms with Gasteiger partial charge in [-0.3, -0.25) is 4.79 Å². The first-order valence-electron chi connectivity index (χ1n) is 6.14. The summed E-state index contributed by atoms with van der Waals surface area (Å²) in [5, 5.41) is 19.6. The molecule has 0 aliphatic carbocycles. The molecule has 2 N–H and O–H groups in total. The highest BCUT2D eigenvalue weighted by Gasteiger charge is 2.28. The quantitative estimate of drug-likeness (QED) is 0.864. The maximum absolute atomic E-state index is 11.8. The van der Waals surface area contributed by atoms with Gasteiger partial charge < -0.3 is 10.4 Å². The van der Waals surface area contributed by atoms with Crippen LogP contribution in [0, 0.1) is 5.41 Å². The summed E-state index contributed by atoms with van der Waals surface area (Å²) in [4.78, 5) is 22.8. The number of nitrogens with one attached hydrogen (secondary N) is 1. The lowest BCUT2D eigenvalue weighted by Crippen LogP contribution is -2.38. The van der Waals surface area contributed by atoms with Crippen molar-refractivity contribution in [2.75, 3.05) is 7.05 Å². The van der Waals surface area contributed by atoms with Gasteiger partial charge in [0, 0.05) is 7.05 Å². The Morgan fingerprint density at radius 2 is 2.10 bits per heavy atom. The van der Waals surface area contributed by atoms with E-state index in [0.717, 1.165) is 0 Å². The number of fused-ring (bicyclic) bond motifs is 1. The summed E-state index contributed by atoms with van der Waals surface area (Å²) in [5.41, 5.74) is 0.692. The Kier molecular flexibility index (Phi) is 3.44. The van der Waals surface area contributed by atoms with Crippen LogP contribution >= 0.6 is 0 Å². The van der Waals surface area contributed by atoms with Crippen molar-refractivity contribution >= 4 is 22.9 Å². The predicted octanol–water partition coefficient (Wildman–Crippen LogP) is 0.902. The van der Waals surface area contributed by atoms with E-state index in [0.29, 0.717) is 17.6 Å². The topological polar surface area (TPSA) is 97.1 Å². The maximum Gasteiger partial charge on any atom is 0.335 e. The van der Waals surface area contributed by atoms with Crippen molar-refractivity contribution in [1.29, 1.82) is 0 Å². The van der Waals surface area contributed by atoms with E-state index >= 15 is 0 Å². The highest BCUT2D eigenvalue weighted by Crippen LogP contribution is 2.21. The van der Waals surface area contributed by atoms with E-state index in [4.69, 9.17) is 5.11 Å². The molecule has 2 rings (SSSR count). The van der Waals surface area contributed by atoms with Crippen LogP contribution in [0.4, 0.5) is 0 Å².